The van der Waals surface area contributed by atoms with Crippen molar-refractivity contribution in [2.24, 2.45) is 5.92 Å². The molecule has 1 aliphatic rings. The molecule has 2 amide bonds. The van der Waals surface area contributed by atoms with Crippen molar-refractivity contribution in [1.29, 1.82) is 0 Å². The first-order valence-corrected chi connectivity index (χ1v) is 9.42. The number of aryl methyl sites for hydroxylation is 2. The number of benzene rings is 1. The summed E-state index contributed by atoms with van der Waals surface area (Å²) in [4.78, 5) is 28.3. The van der Waals surface area contributed by atoms with E-state index in [4.69, 9.17) is 0 Å². The fraction of sp³-hybridized carbons (Fsp3) is 0.400. The van der Waals surface area contributed by atoms with Gasteiger partial charge >= 0.3 is 0 Å². The molecule has 0 bridgehead atoms. The zero-order valence-electron chi connectivity index (χ0n) is 15.0. The van der Waals surface area contributed by atoms with E-state index in [2.05, 4.69) is 24.4 Å². The number of rotatable bonds is 4. The minimum Gasteiger partial charge on any atom is -0.352 e. The van der Waals surface area contributed by atoms with Crippen LogP contribution in [0.5, 0.6) is 0 Å². The fourth-order valence-electron chi connectivity index (χ4n) is 3.23. The van der Waals surface area contributed by atoms with Crippen LogP contribution >= 0.6 is 11.3 Å². The Labute approximate surface area is 152 Å². The maximum atomic E-state index is 12.5. The Morgan fingerprint density at radius 3 is 2.80 bits per heavy atom. The average Bonchev–Trinajstić information content (AvgIpc) is 3.02. The third-order valence-electron chi connectivity index (χ3n) is 4.62. The van der Waals surface area contributed by atoms with Crippen LogP contribution in [0.25, 0.3) is 0 Å². The molecule has 132 valence electrons. The minimum absolute atomic E-state index is 0.00535. The van der Waals surface area contributed by atoms with Crippen LogP contribution in [0.4, 0.5) is 0 Å². The standard InChI is InChI=1S/C20H24N2O2S/c1-13-5-4-6-14(9-13)12-21-19(23)15-7-8-17-16(10-15)11-18(25-17)20(24)22(2)3/h4-6,9,11,15H,7-8,10,12H2,1-3H3,(H,21,23)/t15-/m0/s1. The Morgan fingerprint density at radius 1 is 1.28 bits per heavy atom. The summed E-state index contributed by atoms with van der Waals surface area (Å²) in [5.41, 5.74) is 3.49. The second kappa shape index (κ2) is 7.40. The van der Waals surface area contributed by atoms with Gasteiger partial charge in [0.15, 0.2) is 0 Å². The lowest BCUT2D eigenvalue weighted by molar-refractivity contribution is -0.125. The molecule has 0 spiro atoms. The molecule has 3 rings (SSSR count). The first-order valence-electron chi connectivity index (χ1n) is 8.60. The van der Waals surface area contributed by atoms with E-state index in [-0.39, 0.29) is 17.7 Å². The number of thiophene rings is 1. The Bertz CT molecular complexity index is 795. The number of hydrogen-bond donors (Lipinski definition) is 1. The quantitative estimate of drug-likeness (QED) is 0.915. The van der Waals surface area contributed by atoms with E-state index >= 15 is 0 Å². The predicted octanol–water partition coefficient (Wildman–Crippen LogP) is 3.18. The molecule has 1 N–H and O–H groups in total. The van der Waals surface area contributed by atoms with E-state index in [0.717, 1.165) is 35.3 Å². The fourth-order valence-corrected chi connectivity index (χ4v) is 4.46. The SMILES string of the molecule is Cc1cccc(CNC(=O)[C@H]2CCc3sc(C(=O)N(C)C)cc3C2)c1. The second-order valence-corrected chi connectivity index (χ2v) is 8.04. The van der Waals surface area contributed by atoms with Crippen LogP contribution in [0.15, 0.2) is 30.3 Å². The van der Waals surface area contributed by atoms with Gasteiger partial charge in [0.2, 0.25) is 5.91 Å². The molecular formula is C20H24N2O2S. The molecule has 1 atom stereocenters. The van der Waals surface area contributed by atoms with Crippen LogP contribution in [0.1, 0.15) is 37.7 Å². The summed E-state index contributed by atoms with van der Waals surface area (Å²) in [6.07, 6.45) is 2.46. The topological polar surface area (TPSA) is 49.4 Å². The number of fused-ring (bicyclic) bond motifs is 1. The molecule has 4 nitrogen and oxygen atoms in total. The zero-order chi connectivity index (χ0) is 18.0. The Hall–Kier alpha value is -2.14. The van der Waals surface area contributed by atoms with Gasteiger partial charge in [-0.25, -0.2) is 0 Å². The van der Waals surface area contributed by atoms with Crippen molar-refractivity contribution in [2.45, 2.75) is 32.7 Å². The molecule has 0 fully saturated rings. The maximum Gasteiger partial charge on any atom is 0.263 e. The van der Waals surface area contributed by atoms with Gasteiger partial charge in [0.25, 0.3) is 5.91 Å². The summed E-state index contributed by atoms with van der Waals surface area (Å²) < 4.78 is 0. The van der Waals surface area contributed by atoms with Crippen LogP contribution in [0.2, 0.25) is 0 Å². The summed E-state index contributed by atoms with van der Waals surface area (Å²) in [6.45, 7) is 2.62. The lowest BCUT2D eigenvalue weighted by atomic mass is 9.87. The molecule has 0 aliphatic heterocycles. The van der Waals surface area contributed by atoms with Gasteiger partial charge in [0.1, 0.15) is 0 Å². The van der Waals surface area contributed by atoms with Crippen molar-refractivity contribution in [3.05, 3.63) is 56.8 Å². The number of hydrogen-bond acceptors (Lipinski definition) is 3. The van der Waals surface area contributed by atoms with Gasteiger partial charge < -0.3 is 10.2 Å². The number of nitrogens with one attached hydrogen (secondary N) is 1. The molecule has 1 heterocycles. The summed E-state index contributed by atoms with van der Waals surface area (Å²) >= 11 is 1.57. The van der Waals surface area contributed by atoms with Crippen molar-refractivity contribution < 1.29 is 9.59 Å². The molecular weight excluding hydrogens is 332 g/mol. The van der Waals surface area contributed by atoms with Crippen molar-refractivity contribution in [3.8, 4) is 0 Å². The van der Waals surface area contributed by atoms with Crippen molar-refractivity contribution >= 4 is 23.2 Å². The Morgan fingerprint density at radius 2 is 2.08 bits per heavy atom. The summed E-state index contributed by atoms with van der Waals surface area (Å²) in [6, 6.07) is 10.2. The molecule has 5 heteroatoms. The third kappa shape index (κ3) is 4.10. The Balaban J connectivity index is 1.62. The van der Waals surface area contributed by atoms with Gasteiger partial charge in [-0.05, 0) is 43.4 Å². The van der Waals surface area contributed by atoms with E-state index in [1.54, 1.807) is 30.3 Å². The van der Waals surface area contributed by atoms with Gasteiger partial charge in [-0.3, -0.25) is 9.59 Å². The number of carbonyl (C=O) groups is 2. The van der Waals surface area contributed by atoms with Gasteiger partial charge in [0.05, 0.1) is 4.88 Å². The molecule has 25 heavy (non-hydrogen) atoms. The van der Waals surface area contributed by atoms with Crippen LogP contribution in [-0.4, -0.2) is 30.8 Å². The number of amides is 2. The molecule has 2 aromatic rings. The minimum atomic E-state index is -0.00535. The van der Waals surface area contributed by atoms with Crippen molar-refractivity contribution in [2.75, 3.05) is 14.1 Å². The molecule has 1 aromatic heterocycles. The smallest absolute Gasteiger partial charge is 0.263 e. The maximum absolute atomic E-state index is 12.5. The van der Waals surface area contributed by atoms with E-state index in [1.165, 1.54) is 10.4 Å². The highest BCUT2D eigenvalue weighted by atomic mass is 32.1. The molecule has 1 aromatic carbocycles. The number of carbonyl (C=O) groups excluding carboxylic acids is 2. The van der Waals surface area contributed by atoms with Crippen molar-refractivity contribution in [1.82, 2.24) is 10.2 Å². The van der Waals surface area contributed by atoms with Gasteiger partial charge in [-0.2, -0.15) is 0 Å². The zero-order valence-corrected chi connectivity index (χ0v) is 15.8. The van der Waals surface area contributed by atoms with Gasteiger partial charge in [-0.15, -0.1) is 11.3 Å². The van der Waals surface area contributed by atoms with E-state index < -0.39 is 0 Å². The first-order chi connectivity index (χ1) is 11.9. The average molecular weight is 356 g/mol. The number of nitrogens with zero attached hydrogens (tertiary/aromatic N) is 1. The lowest BCUT2D eigenvalue weighted by Gasteiger charge is -2.21. The molecule has 1 aliphatic carbocycles. The van der Waals surface area contributed by atoms with Crippen LogP contribution in [0.3, 0.4) is 0 Å². The normalized spacial score (nSPS) is 16.2. The lowest BCUT2D eigenvalue weighted by Crippen LogP contribution is -2.33. The highest BCUT2D eigenvalue weighted by Gasteiger charge is 2.27. The molecule has 0 unspecified atom stereocenters. The van der Waals surface area contributed by atoms with Gasteiger partial charge in [-0.1, -0.05) is 29.8 Å². The highest BCUT2D eigenvalue weighted by Crippen LogP contribution is 2.33. The second-order valence-electron chi connectivity index (χ2n) is 6.91. The Kier molecular flexibility index (Phi) is 5.23. The highest BCUT2D eigenvalue weighted by molar-refractivity contribution is 7.14. The van der Waals surface area contributed by atoms with Crippen LogP contribution < -0.4 is 5.32 Å². The summed E-state index contributed by atoms with van der Waals surface area (Å²) in [7, 11) is 3.53. The monoisotopic (exact) mass is 356 g/mol. The van der Waals surface area contributed by atoms with Gasteiger partial charge in [0, 0.05) is 31.4 Å². The summed E-state index contributed by atoms with van der Waals surface area (Å²) in [5, 5.41) is 3.06. The molecule has 0 radical (unpaired) electrons. The summed E-state index contributed by atoms with van der Waals surface area (Å²) in [5.74, 6) is 0.146. The van der Waals surface area contributed by atoms with E-state index in [1.807, 2.05) is 18.2 Å². The van der Waals surface area contributed by atoms with Crippen molar-refractivity contribution in [3.63, 3.8) is 0 Å². The largest absolute Gasteiger partial charge is 0.352 e. The first kappa shape index (κ1) is 17.7. The third-order valence-corrected chi connectivity index (χ3v) is 5.84. The van der Waals surface area contributed by atoms with E-state index in [0.29, 0.717) is 6.54 Å². The molecule has 0 saturated heterocycles. The van der Waals surface area contributed by atoms with Crippen LogP contribution in [-0.2, 0) is 24.2 Å². The predicted molar refractivity (Wildman–Crippen MR) is 101 cm³/mol. The van der Waals surface area contributed by atoms with E-state index in [9.17, 15) is 9.59 Å². The van der Waals surface area contributed by atoms with Crippen LogP contribution in [0, 0.1) is 12.8 Å². The molecule has 0 saturated carbocycles.